The van der Waals surface area contributed by atoms with E-state index in [0.717, 1.165) is 16.8 Å². The van der Waals surface area contributed by atoms with Crippen molar-refractivity contribution in [3.8, 4) is 0 Å². The van der Waals surface area contributed by atoms with E-state index in [0.29, 0.717) is 13.0 Å². The van der Waals surface area contributed by atoms with Crippen molar-refractivity contribution in [3.63, 3.8) is 0 Å². The van der Waals surface area contributed by atoms with Gasteiger partial charge < -0.3 is 0 Å². The summed E-state index contributed by atoms with van der Waals surface area (Å²) in [7, 11) is -3.42. The van der Waals surface area contributed by atoms with Crippen molar-refractivity contribution in [2.45, 2.75) is 13.0 Å². The lowest BCUT2D eigenvalue weighted by atomic mass is 10.1. The molecule has 4 heteroatoms. The van der Waals surface area contributed by atoms with Gasteiger partial charge in [-0.25, -0.2) is 8.42 Å². The number of rotatable bonds is 2. The molecule has 0 aliphatic carbocycles. The Kier molecular flexibility index (Phi) is 3.32. The molecule has 0 radical (unpaired) electrons. The number of nitrogens with zero attached hydrogens (tertiary/aromatic N) is 1. The van der Waals surface area contributed by atoms with E-state index in [2.05, 4.69) is 0 Å². The summed E-state index contributed by atoms with van der Waals surface area (Å²) in [6.07, 6.45) is 2.35. The summed E-state index contributed by atoms with van der Waals surface area (Å²) < 4.78 is 26.3. The Balaban J connectivity index is 2.08. The average molecular weight is 285 g/mol. The highest BCUT2D eigenvalue weighted by Gasteiger charge is 2.24. The topological polar surface area (TPSA) is 37.4 Å². The summed E-state index contributed by atoms with van der Waals surface area (Å²) in [6, 6.07) is 17.3. The number of hydrogen-bond acceptors (Lipinski definition) is 2. The number of fused-ring (bicyclic) bond motifs is 1. The van der Waals surface area contributed by atoms with Crippen LogP contribution < -0.4 is 4.31 Å². The predicted octanol–water partition coefficient (Wildman–Crippen LogP) is 3.09. The van der Waals surface area contributed by atoms with E-state index < -0.39 is 10.0 Å². The lowest BCUT2D eigenvalue weighted by Crippen LogP contribution is -2.28. The molecule has 1 aliphatic heterocycles. The Morgan fingerprint density at radius 1 is 0.950 bits per heavy atom. The molecule has 0 N–H and O–H groups in total. The van der Waals surface area contributed by atoms with Gasteiger partial charge in [-0.1, -0.05) is 54.6 Å². The van der Waals surface area contributed by atoms with E-state index in [1.807, 2.05) is 54.6 Å². The molecular weight excluding hydrogens is 270 g/mol. The minimum absolute atomic E-state index is 0.352. The van der Waals surface area contributed by atoms with Gasteiger partial charge in [0.15, 0.2) is 0 Å². The van der Waals surface area contributed by atoms with Crippen molar-refractivity contribution < 1.29 is 8.42 Å². The van der Waals surface area contributed by atoms with Crippen molar-refractivity contribution in [1.29, 1.82) is 0 Å². The minimum atomic E-state index is -3.42. The second kappa shape index (κ2) is 5.13. The summed E-state index contributed by atoms with van der Waals surface area (Å²) in [5.74, 6) is 0. The molecular formula is C16H15NO2S. The van der Waals surface area contributed by atoms with Crippen molar-refractivity contribution in [2.24, 2.45) is 0 Å². The molecule has 0 saturated carbocycles. The van der Waals surface area contributed by atoms with E-state index in [9.17, 15) is 8.42 Å². The second-order valence-corrected chi connectivity index (χ2v) is 6.48. The SMILES string of the molecule is O=S1(=O)C=CCc2ccccc2N1Cc1ccccc1. The highest BCUT2D eigenvalue weighted by Crippen LogP contribution is 2.29. The monoisotopic (exact) mass is 285 g/mol. The van der Waals surface area contributed by atoms with Crippen LogP contribution in [0.4, 0.5) is 5.69 Å². The summed E-state index contributed by atoms with van der Waals surface area (Å²) >= 11 is 0. The zero-order valence-electron chi connectivity index (χ0n) is 10.9. The van der Waals surface area contributed by atoms with E-state index in [4.69, 9.17) is 0 Å². The first-order chi connectivity index (χ1) is 9.67. The quantitative estimate of drug-likeness (QED) is 0.850. The molecule has 3 nitrogen and oxygen atoms in total. The fourth-order valence-electron chi connectivity index (χ4n) is 2.36. The Bertz CT molecular complexity index is 736. The molecule has 0 atom stereocenters. The van der Waals surface area contributed by atoms with Gasteiger partial charge in [-0.3, -0.25) is 4.31 Å². The van der Waals surface area contributed by atoms with Gasteiger partial charge in [-0.15, -0.1) is 0 Å². The fourth-order valence-corrected chi connectivity index (χ4v) is 3.63. The third kappa shape index (κ3) is 2.47. The molecule has 0 spiro atoms. The standard InChI is InChI=1S/C16H15NO2S/c18-20(19)12-6-10-15-9-4-5-11-16(15)17(20)13-14-7-2-1-3-8-14/h1-9,11-12H,10,13H2. The maximum Gasteiger partial charge on any atom is 0.257 e. The number of sulfonamides is 1. The maximum atomic E-state index is 12.4. The largest absolute Gasteiger partial charge is 0.262 e. The first-order valence-corrected chi connectivity index (χ1v) is 7.98. The van der Waals surface area contributed by atoms with Crippen LogP contribution in [0, 0.1) is 0 Å². The zero-order chi connectivity index (χ0) is 14.0. The van der Waals surface area contributed by atoms with Gasteiger partial charge in [0.1, 0.15) is 0 Å². The second-order valence-electron chi connectivity index (χ2n) is 4.74. The zero-order valence-corrected chi connectivity index (χ0v) is 11.8. The van der Waals surface area contributed by atoms with Crippen LogP contribution in [0.2, 0.25) is 0 Å². The Morgan fingerprint density at radius 2 is 1.65 bits per heavy atom. The maximum absolute atomic E-state index is 12.4. The van der Waals surface area contributed by atoms with Gasteiger partial charge in [0, 0.05) is 5.41 Å². The molecule has 0 fully saturated rings. The molecule has 2 aromatic carbocycles. The molecule has 0 unspecified atom stereocenters. The number of para-hydroxylation sites is 1. The van der Waals surface area contributed by atoms with Gasteiger partial charge in [0.25, 0.3) is 10.0 Å². The van der Waals surface area contributed by atoms with E-state index in [-0.39, 0.29) is 0 Å². The molecule has 0 amide bonds. The van der Waals surface area contributed by atoms with Crippen molar-refractivity contribution in [3.05, 3.63) is 77.2 Å². The van der Waals surface area contributed by atoms with Crippen LogP contribution in [-0.4, -0.2) is 8.42 Å². The van der Waals surface area contributed by atoms with Crippen LogP contribution in [0.5, 0.6) is 0 Å². The van der Waals surface area contributed by atoms with Gasteiger partial charge in [0.2, 0.25) is 0 Å². The van der Waals surface area contributed by atoms with Crippen LogP contribution in [0.25, 0.3) is 0 Å². The van der Waals surface area contributed by atoms with Crippen LogP contribution in [0.1, 0.15) is 11.1 Å². The summed E-state index contributed by atoms with van der Waals surface area (Å²) in [5.41, 5.74) is 2.77. The number of anilines is 1. The highest BCUT2D eigenvalue weighted by molar-refractivity contribution is 7.95. The summed E-state index contributed by atoms with van der Waals surface area (Å²) in [4.78, 5) is 0. The third-order valence-corrected chi connectivity index (χ3v) is 4.82. The molecule has 1 aliphatic rings. The van der Waals surface area contributed by atoms with Crippen LogP contribution in [-0.2, 0) is 23.0 Å². The number of allylic oxidation sites excluding steroid dienone is 1. The fraction of sp³-hybridized carbons (Fsp3) is 0.125. The van der Waals surface area contributed by atoms with Crippen LogP contribution in [0.15, 0.2) is 66.1 Å². The molecule has 3 rings (SSSR count). The van der Waals surface area contributed by atoms with Crippen LogP contribution >= 0.6 is 0 Å². The Labute approximate surface area is 119 Å². The summed E-state index contributed by atoms with van der Waals surface area (Å²) in [6.45, 7) is 0.352. The lowest BCUT2D eigenvalue weighted by Gasteiger charge is -2.23. The highest BCUT2D eigenvalue weighted by atomic mass is 32.2. The smallest absolute Gasteiger partial charge is 0.257 e. The average Bonchev–Trinajstić information content (AvgIpc) is 2.58. The number of benzene rings is 2. The normalized spacial score (nSPS) is 16.5. The molecule has 2 aromatic rings. The molecule has 0 aromatic heterocycles. The lowest BCUT2D eigenvalue weighted by molar-refractivity contribution is 0.599. The van der Waals surface area contributed by atoms with Gasteiger partial charge in [-0.2, -0.15) is 0 Å². The third-order valence-electron chi connectivity index (χ3n) is 3.34. The summed E-state index contributed by atoms with van der Waals surface area (Å²) in [5, 5.41) is 1.30. The molecule has 1 heterocycles. The van der Waals surface area contributed by atoms with E-state index in [1.54, 1.807) is 6.08 Å². The van der Waals surface area contributed by atoms with E-state index >= 15 is 0 Å². The predicted molar refractivity (Wildman–Crippen MR) is 80.8 cm³/mol. The van der Waals surface area contributed by atoms with Crippen molar-refractivity contribution in [2.75, 3.05) is 4.31 Å². The first kappa shape index (κ1) is 12.9. The Hall–Kier alpha value is -2.07. The van der Waals surface area contributed by atoms with Crippen molar-refractivity contribution in [1.82, 2.24) is 0 Å². The molecule has 0 saturated heterocycles. The van der Waals surface area contributed by atoms with Gasteiger partial charge in [0.05, 0.1) is 12.2 Å². The molecule has 102 valence electrons. The Morgan fingerprint density at radius 3 is 2.45 bits per heavy atom. The van der Waals surface area contributed by atoms with Gasteiger partial charge >= 0.3 is 0 Å². The number of hydrogen-bond donors (Lipinski definition) is 0. The minimum Gasteiger partial charge on any atom is -0.262 e. The van der Waals surface area contributed by atoms with E-state index in [1.165, 1.54) is 9.71 Å². The molecule has 20 heavy (non-hydrogen) atoms. The van der Waals surface area contributed by atoms with Gasteiger partial charge in [-0.05, 0) is 23.6 Å². The first-order valence-electron chi connectivity index (χ1n) is 6.48. The van der Waals surface area contributed by atoms with Crippen molar-refractivity contribution >= 4 is 15.7 Å². The van der Waals surface area contributed by atoms with Crippen LogP contribution in [0.3, 0.4) is 0 Å². The molecule has 0 bridgehead atoms.